The number of carbonyl (C=O) groups excluding carboxylic acids is 1. The molecule has 0 unspecified atom stereocenters. The molecule has 0 aromatic carbocycles. The second kappa shape index (κ2) is 7.56. The Morgan fingerprint density at radius 3 is 2.68 bits per heavy atom. The molecule has 2 aromatic heterocycles. The monoisotopic (exact) mass is 375 g/mol. The van der Waals surface area contributed by atoms with Gasteiger partial charge in [0.25, 0.3) is 5.91 Å². The fourth-order valence-electron chi connectivity index (χ4n) is 3.77. The highest BCUT2D eigenvalue weighted by Crippen LogP contribution is 2.31. The average Bonchev–Trinajstić information content (AvgIpc) is 3.28. The van der Waals surface area contributed by atoms with Gasteiger partial charge in [0.2, 0.25) is 0 Å². The molecule has 1 aliphatic heterocycles. The number of hydrogen-bond acceptors (Lipinski definition) is 5. The SMILES string of the molecule is CCc1nc(CN2CCN(C(=O)c3csc4c3CCCC4)CC2)cs1. The van der Waals surface area contributed by atoms with E-state index in [4.69, 9.17) is 0 Å². The molecule has 0 N–H and O–H groups in total. The van der Waals surface area contributed by atoms with Crippen LogP contribution in [0, 0.1) is 0 Å². The molecule has 3 heterocycles. The highest BCUT2D eigenvalue weighted by Gasteiger charge is 2.26. The normalized spacial score (nSPS) is 18.4. The summed E-state index contributed by atoms with van der Waals surface area (Å²) in [5.41, 5.74) is 3.51. The van der Waals surface area contributed by atoms with Crippen molar-refractivity contribution in [2.75, 3.05) is 26.2 Å². The molecule has 0 atom stereocenters. The van der Waals surface area contributed by atoms with E-state index in [1.54, 1.807) is 22.7 Å². The van der Waals surface area contributed by atoms with Gasteiger partial charge in [0.05, 0.1) is 16.3 Å². The minimum atomic E-state index is 0.251. The summed E-state index contributed by atoms with van der Waals surface area (Å²) in [4.78, 5) is 23.5. The third kappa shape index (κ3) is 3.66. The van der Waals surface area contributed by atoms with E-state index in [9.17, 15) is 4.79 Å². The van der Waals surface area contributed by atoms with Crippen molar-refractivity contribution in [3.8, 4) is 0 Å². The molecule has 0 bridgehead atoms. The third-order valence-electron chi connectivity index (χ3n) is 5.24. The van der Waals surface area contributed by atoms with Gasteiger partial charge in [-0.1, -0.05) is 6.92 Å². The lowest BCUT2D eigenvalue weighted by Gasteiger charge is -2.34. The lowest BCUT2D eigenvalue weighted by Crippen LogP contribution is -2.48. The Kier molecular flexibility index (Phi) is 5.20. The van der Waals surface area contributed by atoms with Crippen LogP contribution in [0.25, 0.3) is 0 Å². The van der Waals surface area contributed by atoms with Crippen LogP contribution in [-0.4, -0.2) is 46.9 Å². The quantitative estimate of drug-likeness (QED) is 0.819. The number of rotatable bonds is 4. The largest absolute Gasteiger partial charge is 0.336 e. The number of carbonyl (C=O) groups is 1. The van der Waals surface area contributed by atoms with Crippen LogP contribution >= 0.6 is 22.7 Å². The number of thiazole rings is 1. The number of amides is 1. The summed E-state index contributed by atoms with van der Waals surface area (Å²) in [6.07, 6.45) is 5.76. The molecule has 1 fully saturated rings. The van der Waals surface area contributed by atoms with Crippen molar-refractivity contribution in [1.29, 1.82) is 0 Å². The van der Waals surface area contributed by atoms with Gasteiger partial charge in [-0.3, -0.25) is 9.69 Å². The highest BCUT2D eigenvalue weighted by atomic mass is 32.1. The summed E-state index contributed by atoms with van der Waals surface area (Å²) in [6.45, 7) is 6.60. The zero-order valence-electron chi connectivity index (χ0n) is 14.8. The van der Waals surface area contributed by atoms with Gasteiger partial charge in [-0.2, -0.15) is 0 Å². The van der Waals surface area contributed by atoms with E-state index in [1.165, 1.54) is 34.0 Å². The van der Waals surface area contributed by atoms with Crippen LogP contribution in [-0.2, 0) is 25.8 Å². The standard InChI is InChI=1S/C19H25N3OS2/c1-2-18-20-14(12-25-18)11-21-7-9-22(10-8-21)19(23)16-13-24-17-6-4-3-5-15(16)17/h12-13H,2-11H2,1H3. The number of aromatic nitrogens is 1. The highest BCUT2D eigenvalue weighted by molar-refractivity contribution is 7.10. The predicted molar refractivity (Wildman–Crippen MR) is 104 cm³/mol. The zero-order valence-corrected chi connectivity index (χ0v) is 16.4. The fraction of sp³-hybridized carbons (Fsp3) is 0.579. The van der Waals surface area contributed by atoms with Crippen molar-refractivity contribution in [2.24, 2.45) is 0 Å². The first kappa shape index (κ1) is 17.2. The third-order valence-corrected chi connectivity index (χ3v) is 7.37. The van der Waals surface area contributed by atoms with Crippen molar-refractivity contribution < 1.29 is 4.79 Å². The molecule has 1 saturated heterocycles. The molecule has 1 amide bonds. The molecule has 0 radical (unpaired) electrons. The van der Waals surface area contributed by atoms with Gasteiger partial charge in [-0.15, -0.1) is 22.7 Å². The summed E-state index contributed by atoms with van der Waals surface area (Å²) >= 11 is 3.54. The van der Waals surface area contributed by atoms with Crippen LogP contribution in [0.15, 0.2) is 10.8 Å². The summed E-state index contributed by atoms with van der Waals surface area (Å²) in [7, 11) is 0. The maximum absolute atomic E-state index is 12.9. The Hall–Kier alpha value is -1.24. The van der Waals surface area contributed by atoms with E-state index in [0.29, 0.717) is 0 Å². The molecule has 134 valence electrons. The molecular weight excluding hydrogens is 350 g/mol. The second-order valence-corrected chi connectivity index (χ2v) is 8.82. The molecule has 0 saturated carbocycles. The van der Waals surface area contributed by atoms with E-state index in [1.807, 2.05) is 4.90 Å². The summed E-state index contributed by atoms with van der Waals surface area (Å²) in [6, 6.07) is 0. The summed E-state index contributed by atoms with van der Waals surface area (Å²) in [5.74, 6) is 0.251. The molecule has 6 heteroatoms. The number of nitrogens with zero attached hydrogens (tertiary/aromatic N) is 3. The van der Waals surface area contributed by atoms with Crippen LogP contribution in [0.4, 0.5) is 0 Å². The maximum Gasteiger partial charge on any atom is 0.255 e. The van der Waals surface area contributed by atoms with Gasteiger partial charge >= 0.3 is 0 Å². The van der Waals surface area contributed by atoms with Crippen LogP contribution in [0.5, 0.6) is 0 Å². The van der Waals surface area contributed by atoms with E-state index in [2.05, 4.69) is 27.6 Å². The molecule has 0 spiro atoms. The minimum Gasteiger partial charge on any atom is -0.336 e. The van der Waals surface area contributed by atoms with Crippen molar-refractivity contribution in [1.82, 2.24) is 14.8 Å². The molecular formula is C19H25N3OS2. The van der Waals surface area contributed by atoms with Crippen LogP contribution < -0.4 is 0 Å². The zero-order chi connectivity index (χ0) is 17.2. The summed E-state index contributed by atoms with van der Waals surface area (Å²) < 4.78 is 0. The molecule has 2 aliphatic rings. The number of hydrogen-bond donors (Lipinski definition) is 0. The predicted octanol–water partition coefficient (Wildman–Crippen LogP) is 3.60. The number of aryl methyl sites for hydroxylation is 2. The van der Waals surface area contributed by atoms with Crippen LogP contribution in [0.1, 0.15) is 51.3 Å². The first-order valence-corrected chi connectivity index (χ1v) is 11.0. The minimum absolute atomic E-state index is 0.251. The van der Waals surface area contributed by atoms with Gasteiger partial charge in [0, 0.05) is 48.4 Å². The Morgan fingerprint density at radius 2 is 1.92 bits per heavy atom. The van der Waals surface area contributed by atoms with Gasteiger partial charge in [0.1, 0.15) is 0 Å². The van der Waals surface area contributed by atoms with Crippen molar-refractivity contribution in [3.05, 3.63) is 37.5 Å². The van der Waals surface area contributed by atoms with Gasteiger partial charge in [0.15, 0.2) is 0 Å². The van der Waals surface area contributed by atoms with Crippen molar-refractivity contribution in [3.63, 3.8) is 0 Å². The molecule has 4 rings (SSSR count). The Balaban J connectivity index is 1.35. The number of piperazine rings is 1. The van der Waals surface area contributed by atoms with Crippen LogP contribution in [0.3, 0.4) is 0 Å². The Morgan fingerprint density at radius 1 is 1.12 bits per heavy atom. The lowest BCUT2D eigenvalue weighted by atomic mass is 9.95. The topological polar surface area (TPSA) is 36.4 Å². The second-order valence-electron chi connectivity index (χ2n) is 6.91. The van der Waals surface area contributed by atoms with E-state index in [0.717, 1.165) is 57.5 Å². The van der Waals surface area contributed by atoms with E-state index < -0.39 is 0 Å². The molecule has 25 heavy (non-hydrogen) atoms. The Bertz CT molecular complexity index is 744. The summed E-state index contributed by atoms with van der Waals surface area (Å²) in [5, 5.41) is 5.49. The maximum atomic E-state index is 12.9. The number of fused-ring (bicyclic) bond motifs is 1. The first-order chi connectivity index (χ1) is 12.2. The fourth-order valence-corrected chi connectivity index (χ4v) is 5.62. The molecule has 2 aromatic rings. The molecule has 4 nitrogen and oxygen atoms in total. The smallest absolute Gasteiger partial charge is 0.255 e. The average molecular weight is 376 g/mol. The van der Waals surface area contributed by atoms with Crippen LogP contribution in [0.2, 0.25) is 0 Å². The van der Waals surface area contributed by atoms with E-state index in [-0.39, 0.29) is 5.91 Å². The van der Waals surface area contributed by atoms with Gasteiger partial charge < -0.3 is 4.90 Å². The van der Waals surface area contributed by atoms with E-state index >= 15 is 0 Å². The molecule has 1 aliphatic carbocycles. The van der Waals surface area contributed by atoms with Gasteiger partial charge in [-0.25, -0.2) is 4.98 Å². The van der Waals surface area contributed by atoms with Gasteiger partial charge in [-0.05, 0) is 37.7 Å². The Labute approximate surface area is 157 Å². The van der Waals surface area contributed by atoms with Crippen molar-refractivity contribution in [2.45, 2.75) is 45.6 Å². The lowest BCUT2D eigenvalue weighted by molar-refractivity contribution is 0.0626. The first-order valence-electron chi connectivity index (χ1n) is 9.28. The number of thiophene rings is 1. The van der Waals surface area contributed by atoms with Crippen molar-refractivity contribution >= 4 is 28.6 Å².